The Morgan fingerprint density at radius 1 is 0.960 bits per heavy atom. The summed E-state index contributed by atoms with van der Waals surface area (Å²) < 4.78 is 10.7. The Bertz CT molecular complexity index is 780. The average Bonchev–Trinajstić information content (AvgIpc) is 2.91. The van der Waals surface area contributed by atoms with E-state index in [0.29, 0.717) is 29.7 Å². The van der Waals surface area contributed by atoms with Gasteiger partial charge < -0.3 is 9.47 Å². The lowest BCUT2D eigenvalue weighted by molar-refractivity contribution is 0.0579. The molecule has 0 spiro atoms. The van der Waals surface area contributed by atoms with Gasteiger partial charge in [0.2, 0.25) is 0 Å². The van der Waals surface area contributed by atoms with E-state index >= 15 is 0 Å². The molecule has 0 aliphatic carbocycles. The van der Waals surface area contributed by atoms with Crippen molar-refractivity contribution in [2.45, 2.75) is 25.8 Å². The van der Waals surface area contributed by atoms with Crippen molar-refractivity contribution in [3.63, 3.8) is 0 Å². The van der Waals surface area contributed by atoms with Crippen molar-refractivity contribution in [2.75, 3.05) is 14.2 Å². The molecule has 0 N–H and O–H groups in total. The smallest absolute Gasteiger partial charge is 0.261 e. The number of fused-ring (bicyclic) bond motifs is 1. The number of hydrogen-bond acceptors (Lipinski definition) is 4. The van der Waals surface area contributed by atoms with Crippen LogP contribution in [0.4, 0.5) is 0 Å². The summed E-state index contributed by atoms with van der Waals surface area (Å²) in [6.45, 7) is 1.97. The molecule has 0 unspecified atom stereocenters. The maximum atomic E-state index is 12.7. The number of rotatable bonds is 6. The van der Waals surface area contributed by atoms with Crippen LogP contribution in [0.15, 0.2) is 42.5 Å². The molecule has 5 heteroatoms. The van der Waals surface area contributed by atoms with Gasteiger partial charge in [0, 0.05) is 6.04 Å². The lowest BCUT2D eigenvalue weighted by Crippen LogP contribution is -2.40. The molecular weight excluding hydrogens is 318 g/mol. The maximum Gasteiger partial charge on any atom is 0.261 e. The summed E-state index contributed by atoms with van der Waals surface area (Å²) in [6, 6.07) is 12.3. The Balaban J connectivity index is 1.92. The summed E-state index contributed by atoms with van der Waals surface area (Å²) >= 11 is 0. The van der Waals surface area contributed by atoms with E-state index in [-0.39, 0.29) is 17.9 Å². The number of benzene rings is 2. The molecule has 1 aliphatic rings. The quantitative estimate of drug-likeness (QED) is 0.758. The van der Waals surface area contributed by atoms with Crippen LogP contribution in [0.3, 0.4) is 0 Å². The Morgan fingerprint density at radius 3 is 2.12 bits per heavy atom. The van der Waals surface area contributed by atoms with E-state index in [1.54, 1.807) is 38.5 Å². The number of ether oxygens (including phenoxy) is 2. The van der Waals surface area contributed by atoms with E-state index < -0.39 is 0 Å². The third kappa shape index (κ3) is 2.97. The van der Waals surface area contributed by atoms with Crippen LogP contribution in [-0.4, -0.2) is 37.0 Å². The van der Waals surface area contributed by atoms with Crippen molar-refractivity contribution in [3.05, 3.63) is 59.2 Å². The molecule has 1 atom stereocenters. The Morgan fingerprint density at radius 2 is 1.60 bits per heavy atom. The zero-order valence-corrected chi connectivity index (χ0v) is 14.6. The largest absolute Gasteiger partial charge is 0.497 e. The fourth-order valence-corrected chi connectivity index (χ4v) is 3.25. The highest BCUT2D eigenvalue weighted by molar-refractivity contribution is 6.21. The van der Waals surface area contributed by atoms with Crippen molar-refractivity contribution in [1.82, 2.24) is 4.90 Å². The van der Waals surface area contributed by atoms with Crippen LogP contribution in [0.25, 0.3) is 0 Å². The zero-order chi connectivity index (χ0) is 18.0. The SMILES string of the molecule is CC[C@@H](Cc1cc(OC)ccc1OC)N1C(=O)c2ccccc2C1=O. The minimum atomic E-state index is -0.242. The van der Waals surface area contributed by atoms with Gasteiger partial charge in [0.25, 0.3) is 11.8 Å². The Hall–Kier alpha value is -2.82. The maximum absolute atomic E-state index is 12.7. The van der Waals surface area contributed by atoms with Gasteiger partial charge >= 0.3 is 0 Å². The van der Waals surface area contributed by atoms with Gasteiger partial charge in [-0.3, -0.25) is 14.5 Å². The fourth-order valence-electron chi connectivity index (χ4n) is 3.25. The van der Waals surface area contributed by atoms with E-state index in [0.717, 1.165) is 11.3 Å². The number of imide groups is 1. The molecule has 5 nitrogen and oxygen atoms in total. The first-order chi connectivity index (χ1) is 12.1. The lowest BCUT2D eigenvalue weighted by Gasteiger charge is -2.26. The van der Waals surface area contributed by atoms with Gasteiger partial charge in [0.1, 0.15) is 11.5 Å². The second kappa shape index (κ2) is 6.97. The standard InChI is InChI=1S/C20H21NO4/c1-4-14(11-13-12-15(24-2)9-10-18(13)25-3)21-19(22)16-7-5-6-8-17(16)20(21)23/h5-10,12,14H,4,11H2,1-3H3/t14-/m0/s1. The van der Waals surface area contributed by atoms with Crippen molar-refractivity contribution in [3.8, 4) is 11.5 Å². The fraction of sp³-hybridized carbons (Fsp3) is 0.300. The first-order valence-corrected chi connectivity index (χ1v) is 8.28. The molecule has 130 valence electrons. The average molecular weight is 339 g/mol. The normalized spacial score (nSPS) is 14.4. The van der Waals surface area contributed by atoms with Crippen LogP contribution in [0, 0.1) is 0 Å². The van der Waals surface area contributed by atoms with Gasteiger partial charge in [-0.25, -0.2) is 0 Å². The monoisotopic (exact) mass is 339 g/mol. The number of methoxy groups -OCH3 is 2. The second-order valence-electron chi connectivity index (χ2n) is 5.97. The number of carbonyl (C=O) groups excluding carboxylic acids is 2. The topological polar surface area (TPSA) is 55.8 Å². The first-order valence-electron chi connectivity index (χ1n) is 8.28. The number of carbonyl (C=O) groups is 2. The Kier molecular flexibility index (Phi) is 4.74. The van der Waals surface area contributed by atoms with Gasteiger partial charge in [0.15, 0.2) is 0 Å². The summed E-state index contributed by atoms with van der Waals surface area (Å²) in [5.74, 6) is 0.979. The molecule has 25 heavy (non-hydrogen) atoms. The van der Waals surface area contributed by atoms with Crippen LogP contribution in [0.1, 0.15) is 39.6 Å². The summed E-state index contributed by atoms with van der Waals surface area (Å²) in [7, 11) is 3.21. The summed E-state index contributed by atoms with van der Waals surface area (Å²) in [6.07, 6.45) is 1.17. The van der Waals surface area contributed by atoms with Crippen molar-refractivity contribution >= 4 is 11.8 Å². The zero-order valence-electron chi connectivity index (χ0n) is 14.6. The molecular formula is C20H21NO4. The Labute approximate surface area is 147 Å². The van der Waals surface area contributed by atoms with Gasteiger partial charge in [-0.2, -0.15) is 0 Å². The highest BCUT2D eigenvalue weighted by atomic mass is 16.5. The van der Waals surface area contributed by atoms with Gasteiger partial charge in [0.05, 0.1) is 25.3 Å². The van der Waals surface area contributed by atoms with Crippen LogP contribution in [-0.2, 0) is 6.42 Å². The van der Waals surface area contributed by atoms with Crippen LogP contribution < -0.4 is 9.47 Å². The highest BCUT2D eigenvalue weighted by Crippen LogP contribution is 2.30. The van der Waals surface area contributed by atoms with Crippen molar-refractivity contribution in [1.29, 1.82) is 0 Å². The summed E-state index contributed by atoms with van der Waals surface area (Å²) in [5.41, 5.74) is 1.86. The van der Waals surface area contributed by atoms with Crippen molar-refractivity contribution in [2.24, 2.45) is 0 Å². The molecule has 0 radical (unpaired) electrons. The van der Waals surface area contributed by atoms with E-state index in [9.17, 15) is 9.59 Å². The van der Waals surface area contributed by atoms with Gasteiger partial charge in [-0.1, -0.05) is 19.1 Å². The molecule has 2 aromatic carbocycles. The third-order valence-corrected chi connectivity index (χ3v) is 4.60. The molecule has 1 heterocycles. The molecule has 0 aromatic heterocycles. The number of nitrogens with zero attached hydrogens (tertiary/aromatic N) is 1. The molecule has 0 saturated carbocycles. The van der Waals surface area contributed by atoms with E-state index in [2.05, 4.69) is 0 Å². The van der Waals surface area contributed by atoms with E-state index in [1.165, 1.54) is 4.90 Å². The van der Waals surface area contributed by atoms with Crippen LogP contribution >= 0.6 is 0 Å². The van der Waals surface area contributed by atoms with Crippen LogP contribution in [0.2, 0.25) is 0 Å². The minimum Gasteiger partial charge on any atom is -0.497 e. The molecule has 2 aromatic rings. The van der Waals surface area contributed by atoms with Crippen LogP contribution in [0.5, 0.6) is 11.5 Å². The third-order valence-electron chi connectivity index (χ3n) is 4.60. The molecule has 1 aliphatic heterocycles. The number of hydrogen-bond donors (Lipinski definition) is 0. The molecule has 2 amide bonds. The second-order valence-corrected chi connectivity index (χ2v) is 5.97. The molecule has 0 bridgehead atoms. The predicted molar refractivity (Wildman–Crippen MR) is 94.3 cm³/mol. The van der Waals surface area contributed by atoms with Gasteiger partial charge in [-0.15, -0.1) is 0 Å². The first kappa shape index (κ1) is 17.0. The van der Waals surface area contributed by atoms with E-state index in [1.807, 2.05) is 25.1 Å². The lowest BCUT2D eigenvalue weighted by atomic mass is 10.0. The minimum absolute atomic E-state index is 0.227. The predicted octanol–water partition coefficient (Wildman–Crippen LogP) is 3.32. The molecule has 0 saturated heterocycles. The molecule has 0 fully saturated rings. The van der Waals surface area contributed by atoms with Crippen molar-refractivity contribution < 1.29 is 19.1 Å². The summed E-state index contributed by atoms with van der Waals surface area (Å²) in [5, 5.41) is 0. The number of amides is 2. The summed E-state index contributed by atoms with van der Waals surface area (Å²) in [4.78, 5) is 26.8. The van der Waals surface area contributed by atoms with Gasteiger partial charge in [-0.05, 0) is 48.7 Å². The van der Waals surface area contributed by atoms with E-state index in [4.69, 9.17) is 9.47 Å². The molecule has 3 rings (SSSR count). The highest BCUT2D eigenvalue weighted by Gasteiger charge is 2.39.